The molecular weight excluding hydrogens is 162 g/mol. The number of nitrogens with two attached hydrogens (primary N) is 1. The van der Waals surface area contributed by atoms with Crippen molar-refractivity contribution in [3.05, 3.63) is 12.4 Å². The quantitative estimate of drug-likeness (QED) is 0.474. The van der Waals surface area contributed by atoms with Crippen molar-refractivity contribution in [3.8, 4) is 0 Å². The smallest absolute Gasteiger partial charge is 0.201 e. The highest BCUT2D eigenvalue weighted by molar-refractivity contribution is 7.21. The fraction of sp³-hybridized carbons (Fsp3) is 0. The lowest BCUT2D eigenvalue weighted by Gasteiger charge is -1.84. The molecule has 0 atom stereocenters. The van der Waals surface area contributed by atoms with Crippen molar-refractivity contribution in [1.82, 2.24) is 15.0 Å². The van der Waals surface area contributed by atoms with Crippen LogP contribution in [-0.4, -0.2) is 15.0 Å². The summed E-state index contributed by atoms with van der Waals surface area (Å²) in [6.07, 6.45) is 3.23. The Labute approximate surface area is 66.3 Å². The average Bonchev–Trinajstić information content (AvgIpc) is 2.46. The van der Waals surface area contributed by atoms with Crippen molar-refractivity contribution in [2.45, 2.75) is 0 Å². The summed E-state index contributed by atoms with van der Waals surface area (Å²) < 4.78 is 0. The number of fused-ring (bicyclic) bond motifs is 1. The normalized spacial score (nSPS) is 10.3. The van der Waals surface area contributed by atoms with E-state index in [0.717, 1.165) is 4.83 Å². The molecule has 11 heavy (non-hydrogen) atoms. The van der Waals surface area contributed by atoms with Gasteiger partial charge in [-0.25, -0.2) is 15.8 Å². The van der Waals surface area contributed by atoms with Gasteiger partial charge in [-0.15, -0.1) is 0 Å². The highest BCUT2D eigenvalue weighted by Gasteiger charge is 2.01. The average molecular weight is 167 g/mol. The Morgan fingerprint density at radius 3 is 2.91 bits per heavy atom. The number of aromatic nitrogens is 3. The van der Waals surface area contributed by atoms with E-state index in [2.05, 4.69) is 20.4 Å². The van der Waals surface area contributed by atoms with Gasteiger partial charge in [0.15, 0.2) is 10.5 Å². The third-order valence-electron chi connectivity index (χ3n) is 1.17. The summed E-state index contributed by atoms with van der Waals surface area (Å²) in [6, 6.07) is 0. The van der Waals surface area contributed by atoms with E-state index in [-0.39, 0.29) is 0 Å². The van der Waals surface area contributed by atoms with Crippen molar-refractivity contribution >= 4 is 26.9 Å². The van der Waals surface area contributed by atoms with Crippen LogP contribution in [0.5, 0.6) is 0 Å². The molecule has 0 aliphatic carbocycles. The van der Waals surface area contributed by atoms with Gasteiger partial charge in [0.2, 0.25) is 5.13 Å². The summed E-state index contributed by atoms with van der Waals surface area (Å²) in [4.78, 5) is 12.9. The summed E-state index contributed by atoms with van der Waals surface area (Å²) in [5.74, 6) is 5.16. The zero-order valence-electron chi connectivity index (χ0n) is 5.48. The molecule has 2 rings (SSSR count). The lowest BCUT2D eigenvalue weighted by atomic mass is 10.7. The van der Waals surface area contributed by atoms with E-state index in [0.29, 0.717) is 10.8 Å². The summed E-state index contributed by atoms with van der Waals surface area (Å²) in [5, 5.41) is 0.631. The Balaban J connectivity index is 2.69. The van der Waals surface area contributed by atoms with Gasteiger partial charge in [0.25, 0.3) is 0 Å². The molecule has 2 aromatic rings. The summed E-state index contributed by atoms with van der Waals surface area (Å²) in [6.45, 7) is 0. The van der Waals surface area contributed by atoms with E-state index in [1.54, 1.807) is 12.4 Å². The van der Waals surface area contributed by atoms with Gasteiger partial charge in [0, 0.05) is 12.4 Å². The van der Waals surface area contributed by atoms with Gasteiger partial charge in [0.1, 0.15) is 0 Å². The topological polar surface area (TPSA) is 76.7 Å². The molecule has 0 bridgehead atoms. The zero-order chi connectivity index (χ0) is 7.68. The SMILES string of the molecule is NNc1nc2nccnc2s1. The second-order valence-electron chi connectivity index (χ2n) is 1.85. The Bertz CT molecular complexity index is 337. The Kier molecular flexibility index (Phi) is 1.41. The van der Waals surface area contributed by atoms with Crippen LogP contribution in [0.2, 0.25) is 0 Å². The first-order chi connectivity index (χ1) is 5.40. The maximum atomic E-state index is 5.16. The van der Waals surface area contributed by atoms with Gasteiger partial charge in [-0.3, -0.25) is 5.43 Å². The molecule has 0 saturated carbocycles. The van der Waals surface area contributed by atoms with Crippen molar-refractivity contribution in [3.63, 3.8) is 0 Å². The van der Waals surface area contributed by atoms with Gasteiger partial charge in [-0.1, -0.05) is 11.3 Å². The van der Waals surface area contributed by atoms with E-state index in [1.165, 1.54) is 11.3 Å². The van der Waals surface area contributed by atoms with Crippen LogP contribution in [0.1, 0.15) is 0 Å². The molecule has 6 heteroatoms. The van der Waals surface area contributed by atoms with E-state index >= 15 is 0 Å². The van der Waals surface area contributed by atoms with Gasteiger partial charge in [-0.05, 0) is 0 Å². The predicted octanol–water partition coefficient (Wildman–Crippen LogP) is 0.372. The third-order valence-corrected chi connectivity index (χ3v) is 2.05. The first-order valence-electron chi connectivity index (χ1n) is 2.94. The van der Waals surface area contributed by atoms with Crippen LogP contribution in [0, 0.1) is 0 Å². The van der Waals surface area contributed by atoms with Crippen LogP contribution in [0.4, 0.5) is 5.13 Å². The molecule has 0 unspecified atom stereocenters. The minimum absolute atomic E-state index is 0.630. The van der Waals surface area contributed by atoms with Crippen LogP contribution in [0.25, 0.3) is 10.5 Å². The molecule has 0 spiro atoms. The molecule has 0 aliphatic heterocycles. The Morgan fingerprint density at radius 2 is 2.18 bits per heavy atom. The fourth-order valence-corrected chi connectivity index (χ4v) is 1.42. The number of hydrogen-bond acceptors (Lipinski definition) is 6. The monoisotopic (exact) mass is 167 g/mol. The van der Waals surface area contributed by atoms with E-state index in [9.17, 15) is 0 Å². The molecule has 56 valence electrons. The summed E-state index contributed by atoms with van der Waals surface area (Å²) >= 11 is 1.38. The molecule has 0 fully saturated rings. The molecule has 0 saturated heterocycles. The number of rotatable bonds is 1. The summed E-state index contributed by atoms with van der Waals surface area (Å²) in [7, 11) is 0. The second-order valence-corrected chi connectivity index (χ2v) is 2.83. The number of hydrogen-bond donors (Lipinski definition) is 2. The largest absolute Gasteiger partial charge is 0.300 e. The van der Waals surface area contributed by atoms with Crippen LogP contribution in [0.3, 0.4) is 0 Å². The van der Waals surface area contributed by atoms with E-state index in [1.807, 2.05) is 0 Å². The van der Waals surface area contributed by atoms with Gasteiger partial charge in [-0.2, -0.15) is 4.98 Å². The maximum absolute atomic E-state index is 5.16. The number of thiazole rings is 1. The molecular formula is C5H5N5S. The molecule has 0 aliphatic rings. The van der Waals surface area contributed by atoms with Crippen molar-refractivity contribution in [1.29, 1.82) is 0 Å². The molecule has 0 aromatic carbocycles. The predicted molar refractivity (Wildman–Crippen MR) is 43.0 cm³/mol. The number of hydrazine groups is 1. The van der Waals surface area contributed by atoms with Gasteiger partial charge >= 0.3 is 0 Å². The molecule has 0 radical (unpaired) electrons. The molecule has 3 N–H and O–H groups in total. The minimum Gasteiger partial charge on any atom is -0.300 e. The van der Waals surface area contributed by atoms with Crippen LogP contribution < -0.4 is 11.3 Å². The van der Waals surface area contributed by atoms with Crippen LogP contribution >= 0.6 is 11.3 Å². The zero-order valence-corrected chi connectivity index (χ0v) is 6.30. The fourth-order valence-electron chi connectivity index (χ4n) is 0.739. The molecule has 0 amide bonds. The summed E-state index contributed by atoms with van der Waals surface area (Å²) in [5.41, 5.74) is 3.07. The van der Waals surface area contributed by atoms with Crippen LogP contribution in [0.15, 0.2) is 12.4 Å². The first-order valence-corrected chi connectivity index (χ1v) is 3.76. The highest BCUT2D eigenvalue weighted by atomic mass is 32.1. The first kappa shape index (κ1) is 6.44. The minimum atomic E-state index is 0.630. The van der Waals surface area contributed by atoms with Crippen LogP contribution in [-0.2, 0) is 0 Å². The van der Waals surface area contributed by atoms with Gasteiger partial charge in [0.05, 0.1) is 0 Å². The van der Waals surface area contributed by atoms with Crippen molar-refractivity contribution in [2.24, 2.45) is 5.84 Å². The van der Waals surface area contributed by atoms with E-state index in [4.69, 9.17) is 5.84 Å². The Morgan fingerprint density at radius 1 is 1.36 bits per heavy atom. The number of nitrogens with one attached hydrogen (secondary N) is 1. The number of nitrogen functional groups attached to an aromatic ring is 1. The maximum Gasteiger partial charge on any atom is 0.201 e. The number of nitrogens with zero attached hydrogens (tertiary/aromatic N) is 3. The lowest BCUT2D eigenvalue weighted by Crippen LogP contribution is -2.05. The molecule has 5 nitrogen and oxygen atoms in total. The third kappa shape index (κ3) is 1.02. The number of anilines is 1. The van der Waals surface area contributed by atoms with E-state index < -0.39 is 0 Å². The molecule has 2 aromatic heterocycles. The van der Waals surface area contributed by atoms with Gasteiger partial charge < -0.3 is 0 Å². The highest BCUT2D eigenvalue weighted by Crippen LogP contribution is 2.20. The van der Waals surface area contributed by atoms with Crippen molar-refractivity contribution < 1.29 is 0 Å². The lowest BCUT2D eigenvalue weighted by molar-refractivity contribution is 1.24. The second kappa shape index (κ2) is 2.40. The van der Waals surface area contributed by atoms with Crippen molar-refractivity contribution in [2.75, 3.05) is 5.43 Å². The Hall–Kier alpha value is -1.27. The standard InChI is InChI=1S/C5H5N5S/c6-10-5-9-3-4(11-5)8-2-1-7-3/h1-2H,6H2,(H,7,9,10). The molecule has 2 heterocycles.